The van der Waals surface area contributed by atoms with Crippen molar-refractivity contribution in [1.29, 1.82) is 0 Å². The molecule has 1 heteroatoms. The molecule has 108 valence electrons. The first-order chi connectivity index (χ1) is 8.55. The minimum atomic E-state index is 0.146. The summed E-state index contributed by atoms with van der Waals surface area (Å²) in [5.41, 5.74) is 13.7. The molecule has 0 aliphatic carbocycles. The molecule has 0 saturated carbocycles. The fourth-order valence-corrected chi connectivity index (χ4v) is 2.66. The summed E-state index contributed by atoms with van der Waals surface area (Å²) in [6.45, 7) is 18.0. The van der Waals surface area contributed by atoms with Crippen LogP contribution in [-0.2, 0) is 0 Å². The van der Waals surface area contributed by atoms with Crippen LogP contribution < -0.4 is 5.73 Å². The molecule has 0 aliphatic heterocycles. The van der Waals surface area contributed by atoms with Crippen LogP contribution in [0.3, 0.4) is 0 Å². The molecule has 1 nitrogen and oxygen atoms in total. The maximum Gasteiger partial charge on any atom is 0.0303 e. The predicted octanol–water partition coefficient (Wildman–Crippen LogP) is 4.99. The Morgan fingerprint density at radius 3 is 1.79 bits per heavy atom. The largest absolute Gasteiger partial charge is 0.324 e. The smallest absolute Gasteiger partial charge is 0.0303 e. The van der Waals surface area contributed by atoms with Crippen molar-refractivity contribution >= 4 is 0 Å². The topological polar surface area (TPSA) is 26.0 Å². The van der Waals surface area contributed by atoms with Crippen molar-refractivity contribution in [1.82, 2.24) is 0 Å². The Morgan fingerprint density at radius 1 is 1.00 bits per heavy atom. The summed E-state index contributed by atoms with van der Waals surface area (Å²) in [5, 5.41) is 0. The van der Waals surface area contributed by atoms with Crippen LogP contribution in [0, 0.1) is 39.0 Å². The number of hydrogen-bond donors (Lipinski definition) is 1. The van der Waals surface area contributed by atoms with Gasteiger partial charge in [0.25, 0.3) is 0 Å². The van der Waals surface area contributed by atoms with Crippen LogP contribution in [0.1, 0.15) is 68.0 Å². The molecule has 0 bridgehead atoms. The molecule has 0 heterocycles. The Morgan fingerprint density at radius 2 is 1.42 bits per heavy atom. The Balaban J connectivity index is 3.10. The number of aryl methyl sites for hydroxylation is 2. The lowest BCUT2D eigenvalue weighted by molar-refractivity contribution is 0.233. The Bertz CT molecular complexity index is 425. The van der Waals surface area contributed by atoms with E-state index in [4.69, 9.17) is 5.73 Å². The predicted molar refractivity (Wildman–Crippen MR) is 85.6 cm³/mol. The maximum absolute atomic E-state index is 6.53. The summed E-state index contributed by atoms with van der Waals surface area (Å²) in [7, 11) is 0. The summed E-state index contributed by atoms with van der Waals surface area (Å²) >= 11 is 0. The van der Waals surface area contributed by atoms with Gasteiger partial charge in [0.1, 0.15) is 0 Å². The third kappa shape index (κ3) is 3.60. The molecule has 1 rings (SSSR count). The van der Waals surface area contributed by atoms with E-state index < -0.39 is 0 Å². The van der Waals surface area contributed by atoms with E-state index >= 15 is 0 Å². The van der Waals surface area contributed by atoms with Gasteiger partial charge in [0, 0.05) is 6.04 Å². The van der Waals surface area contributed by atoms with Crippen LogP contribution in [0.15, 0.2) is 6.07 Å². The number of nitrogens with two attached hydrogens (primary N) is 1. The quantitative estimate of drug-likeness (QED) is 0.814. The standard InChI is InChI=1S/C18H31N/c1-11-9-12(2)15(5)17(14(11)4)16(19)10-13(3)18(6,7)8/h9,13,16H,10,19H2,1-8H3. The zero-order chi connectivity index (χ0) is 15.0. The average molecular weight is 261 g/mol. The molecule has 0 saturated heterocycles. The summed E-state index contributed by atoms with van der Waals surface area (Å²) in [6.07, 6.45) is 1.05. The molecule has 0 amide bonds. The lowest BCUT2D eigenvalue weighted by Gasteiger charge is -2.31. The lowest BCUT2D eigenvalue weighted by Crippen LogP contribution is -2.24. The van der Waals surface area contributed by atoms with Gasteiger partial charge in [-0.1, -0.05) is 33.8 Å². The van der Waals surface area contributed by atoms with Crippen molar-refractivity contribution in [3.63, 3.8) is 0 Å². The van der Waals surface area contributed by atoms with Crippen LogP contribution in [0.4, 0.5) is 0 Å². The van der Waals surface area contributed by atoms with Gasteiger partial charge in [-0.3, -0.25) is 0 Å². The molecule has 1 aromatic carbocycles. The number of hydrogen-bond acceptors (Lipinski definition) is 1. The van der Waals surface area contributed by atoms with E-state index in [1.54, 1.807) is 0 Å². The molecule has 0 radical (unpaired) electrons. The van der Waals surface area contributed by atoms with E-state index in [9.17, 15) is 0 Å². The fourth-order valence-electron chi connectivity index (χ4n) is 2.66. The third-order valence-electron chi connectivity index (χ3n) is 4.88. The zero-order valence-electron chi connectivity index (χ0n) is 14.0. The van der Waals surface area contributed by atoms with Gasteiger partial charge >= 0.3 is 0 Å². The summed E-state index contributed by atoms with van der Waals surface area (Å²) in [5.74, 6) is 0.613. The van der Waals surface area contributed by atoms with E-state index in [1.165, 1.54) is 27.8 Å². The van der Waals surface area contributed by atoms with Gasteiger partial charge in [0.05, 0.1) is 0 Å². The van der Waals surface area contributed by atoms with Crippen molar-refractivity contribution in [3.8, 4) is 0 Å². The normalized spacial score (nSPS) is 15.4. The Hall–Kier alpha value is -0.820. The number of rotatable bonds is 3. The second kappa shape index (κ2) is 5.66. The minimum Gasteiger partial charge on any atom is -0.324 e. The highest BCUT2D eigenvalue weighted by Crippen LogP contribution is 2.35. The first-order valence-electron chi connectivity index (χ1n) is 7.38. The minimum absolute atomic E-state index is 0.146. The summed E-state index contributed by atoms with van der Waals surface area (Å²) in [4.78, 5) is 0. The van der Waals surface area contributed by atoms with Crippen molar-refractivity contribution in [3.05, 3.63) is 33.9 Å². The van der Waals surface area contributed by atoms with Crippen molar-refractivity contribution < 1.29 is 0 Å². The van der Waals surface area contributed by atoms with E-state index in [0.29, 0.717) is 11.3 Å². The van der Waals surface area contributed by atoms with Gasteiger partial charge in [0.15, 0.2) is 0 Å². The van der Waals surface area contributed by atoms with Crippen LogP contribution in [-0.4, -0.2) is 0 Å². The van der Waals surface area contributed by atoms with E-state index in [-0.39, 0.29) is 6.04 Å². The molecule has 2 atom stereocenters. The van der Waals surface area contributed by atoms with E-state index in [0.717, 1.165) is 6.42 Å². The molecule has 0 aromatic heterocycles. The van der Waals surface area contributed by atoms with Crippen LogP contribution >= 0.6 is 0 Å². The second-order valence-corrected chi connectivity index (χ2v) is 7.28. The molecule has 1 aromatic rings. The van der Waals surface area contributed by atoms with Crippen LogP contribution in [0.2, 0.25) is 0 Å². The fraction of sp³-hybridized carbons (Fsp3) is 0.667. The maximum atomic E-state index is 6.53. The highest BCUT2D eigenvalue weighted by Gasteiger charge is 2.24. The molecule has 0 fully saturated rings. The Kier molecular flexibility index (Phi) is 4.84. The average Bonchev–Trinajstić information content (AvgIpc) is 2.25. The van der Waals surface area contributed by atoms with Gasteiger partial charge in [-0.15, -0.1) is 0 Å². The molecule has 2 unspecified atom stereocenters. The monoisotopic (exact) mass is 261 g/mol. The lowest BCUT2D eigenvalue weighted by atomic mass is 9.76. The first-order valence-corrected chi connectivity index (χ1v) is 7.38. The molecule has 2 N–H and O–H groups in total. The van der Waals surface area contributed by atoms with Gasteiger partial charge in [-0.2, -0.15) is 0 Å². The van der Waals surface area contributed by atoms with E-state index in [1.807, 2.05) is 0 Å². The second-order valence-electron chi connectivity index (χ2n) is 7.28. The van der Waals surface area contributed by atoms with Crippen molar-refractivity contribution in [2.75, 3.05) is 0 Å². The van der Waals surface area contributed by atoms with Crippen LogP contribution in [0.25, 0.3) is 0 Å². The molecule has 0 spiro atoms. The van der Waals surface area contributed by atoms with Gasteiger partial charge in [-0.25, -0.2) is 0 Å². The Labute approximate surface area is 119 Å². The van der Waals surface area contributed by atoms with Crippen molar-refractivity contribution in [2.24, 2.45) is 17.1 Å². The highest BCUT2D eigenvalue weighted by molar-refractivity contribution is 5.45. The third-order valence-corrected chi connectivity index (χ3v) is 4.88. The highest BCUT2D eigenvalue weighted by atomic mass is 14.6. The molecular weight excluding hydrogens is 230 g/mol. The molecular formula is C18H31N. The van der Waals surface area contributed by atoms with Crippen molar-refractivity contribution in [2.45, 2.75) is 67.9 Å². The summed E-state index contributed by atoms with van der Waals surface area (Å²) in [6, 6.07) is 2.42. The SMILES string of the molecule is Cc1cc(C)c(C)c(C(N)CC(C)C(C)(C)C)c1C. The molecule has 0 aliphatic rings. The van der Waals surface area contributed by atoms with E-state index in [2.05, 4.69) is 61.5 Å². The summed E-state index contributed by atoms with van der Waals surface area (Å²) < 4.78 is 0. The van der Waals surface area contributed by atoms with Crippen LogP contribution in [0.5, 0.6) is 0 Å². The van der Waals surface area contributed by atoms with Gasteiger partial charge in [-0.05, 0) is 73.3 Å². The van der Waals surface area contributed by atoms with Gasteiger partial charge in [0.2, 0.25) is 0 Å². The molecule has 19 heavy (non-hydrogen) atoms. The van der Waals surface area contributed by atoms with Gasteiger partial charge < -0.3 is 5.73 Å². The number of benzene rings is 1. The first kappa shape index (κ1) is 16.2. The zero-order valence-corrected chi connectivity index (χ0v) is 14.0.